The molecule has 2 bridgehead atoms. The standard InChI is InChI=1S/C23H20FN7O2/c1-12-16-7-14(24)4-5-15(16)19-11-29(2)23(32)31(19)10-17-21(18(8-25)30(3)28-17)13-6-20(33-12)22(26)27-9-13/h4-7,9,11-12H,10H2,1-3H3,(H2,26,27). The predicted molar refractivity (Wildman–Crippen MR) is 119 cm³/mol. The molecule has 9 nitrogen and oxygen atoms in total. The normalized spacial score (nSPS) is 14.7. The van der Waals surface area contributed by atoms with Crippen LogP contribution in [0, 0.1) is 17.1 Å². The number of nitrogens with zero attached hydrogens (tertiary/aromatic N) is 6. The van der Waals surface area contributed by atoms with Crippen molar-refractivity contribution in [1.29, 1.82) is 5.26 Å². The van der Waals surface area contributed by atoms with Gasteiger partial charge in [-0.2, -0.15) is 10.4 Å². The monoisotopic (exact) mass is 445 g/mol. The van der Waals surface area contributed by atoms with Gasteiger partial charge in [0.25, 0.3) is 0 Å². The topological polar surface area (TPSA) is 117 Å². The van der Waals surface area contributed by atoms with Crippen LogP contribution in [0.2, 0.25) is 0 Å². The fraction of sp³-hybridized carbons (Fsp3) is 0.217. The minimum Gasteiger partial charge on any atom is -0.482 e. The summed E-state index contributed by atoms with van der Waals surface area (Å²) in [5, 5.41) is 14.3. The molecule has 2 N–H and O–H groups in total. The molecule has 0 saturated heterocycles. The average Bonchev–Trinajstić information content (AvgIpc) is 3.25. The number of hydrogen-bond acceptors (Lipinski definition) is 6. The number of nitrogen functional groups attached to an aromatic ring is 1. The van der Waals surface area contributed by atoms with Gasteiger partial charge in [0, 0.05) is 48.7 Å². The average molecular weight is 445 g/mol. The zero-order valence-electron chi connectivity index (χ0n) is 18.2. The van der Waals surface area contributed by atoms with Crippen molar-refractivity contribution in [3.8, 4) is 34.2 Å². The molecule has 1 aromatic carbocycles. The minimum absolute atomic E-state index is 0.103. The summed E-state index contributed by atoms with van der Waals surface area (Å²) in [7, 11) is 3.32. The molecule has 1 aliphatic heterocycles. The summed E-state index contributed by atoms with van der Waals surface area (Å²) in [6.07, 6.45) is 2.63. The molecular weight excluding hydrogens is 425 g/mol. The molecule has 0 radical (unpaired) electrons. The van der Waals surface area contributed by atoms with Gasteiger partial charge in [0.1, 0.15) is 23.7 Å². The molecule has 5 rings (SSSR count). The van der Waals surface area contributed by atoms with Gasteiger partial charge < -0.3 is 15.0 Å². The zero-order valence-corrected chi connectivity index (χ0v) is 18.2. The number of rotatable bonds is 0. The third kappa shape index (κ3) is 3.17. The van der Waals surface area contributed by atoms with E-state index in [1.54, 1.807) is 50.1 Å². The van der Waals surface area contributed by atoms with Crippen LogP contribution >= 0.6 is 0 Å². The first-order valence-electron chi connectivity index (χ1n) is 10.2. The molecule has 1 atom stereocenters. The molecule has 0 spiro atoms. The number of imidazole rings is 1. The van der Waals surface area contributed by atoms with E-state index in [-0.39, 0.29) is 18.1 Å². The zero-order chi connectivity index (χ0) is 23.4. The molecule has 4 aromatic rings. The third-order valence-electron chi connectivity index (χ3n) is 5.87. The van der Waals surface area contributed by atoms with Crippen molar-refractivity contribution in [2.75, 3.05) is 5.73 Å². The second-order valence-electron chi connectivity index (χ2n) is 8.00. The quantitative estimate of drug-likeness (QED) is 0.445. The highest BCUT2D eigenvalue weighted by atomic mass is 19.1. The fourth-order valence-corrected chi connectivity index (χ4v) is 4.28. The number of anilines is 1. The van der Waals surface area contributed by atoms with Crippen LogP contribution in [0.1, 0.15) is 30.0 Å². The number of fused-ring (bicyclic) bond motifs is 7. The number of aryl methyl sites for hydroxylation is 2. The molecule has 1 unspecified atom stereocenters. The maximum atomic E-state index is 14.3. The summed E-state index contributed by atoms with van der Waals surface area (Å²) in [5.41, 5.74) is 9.55. The highest BCUT2D eigenvalue weighted by Crippen LogP contribution is 2.37. The lowest BCUT2D eigenvalue weighted by atomic mass is 9.99. The molecule has 0 saturated carbocycles. The van der Waals surface area contributed by atoms with Crippen LogP contribution in [0.3, 0.4) is 0 Å². The molecule has 0 amide bonds. The van der Waals surface area contributed by atoms with Gasteiger partial charge in [0.2, 0.25) is 0 Å². The number of benzene rings is 1. The van der Waals surface area contributed by atoms with Gasteiger partial charge in [0.05, 0.1) is 17.9 Å². The van der Waals surface area contributed by atoms with Crippen LogP contribution < -0.4 is 16.2 Å². The maximum absolute atomic E-state index is 14.3. The van der Waals surface area contributed by atoms with E-state index in [4.69, 9.17) is 10.5 Å². The van der Waals surface area contributed by atoms with E-state index in [1.165, 1.54) is 21.4 Å². The number of nitriles is 1. The number of pyridine rings is 1. The highest BCUT2D eigenvalue weighted by molar-refractivity contribution is 5.74. The SMILES string of the molecule is CC1Oc2cc(cnc2N)-c2c(nn(C)c2C#N)Cn2c(cn(C)c2=O)-c2ccc(F)cc21. The Hall–Kier alpha value is -4.39. The van der Waals surface area contributed by atoms with Crippen LogP contribution in [-0.4, -0.2) is 23.9 Å². The van der Waals surface area contributed by atoms with E-state index in [9.17, 15) is 14.4 Å². The van der Waals surface area contributed by atoms with Gasteiger partial charge in [-0.05, 0) is 31.2 Å². The Morgan fingerprint density at radius 2 is 2.09 bits per heavy atom. The second kappa shape index (κ2) is 7.34. The van der Waals surface area contributed by atoms with Gasteiger partial charge in [-0.15, -0.1) is 0 Å². The summed E-state index contributed by atoms with van der Waals surface area (Å²) in [6, 6.07) is 8.23. The second-order valence-corrected chi connectivity index (χ2v) is 8.00. The van der Waals surface area contributed by atoms with E-state index >= 15 is 0 Å². The van der Waals surface area contributed by atoms with E-state index in [0.29, 0.717) is 45.1 Å². The molecule has 166 valence electrons. The lowest BCUT2D eigenvalue weighted by molar-refractivity contribution is 0.227. The molecule has 10 heteroatoms. The largest absolute Gasteiger partial charge is 0.482 e. The number of aromatic nitrogens is 5. The predicted octanol–water partition coefficient (Wildman–Crippen LogP) is 2.74. The fourth-order valence-electron chi connectivity index (χ4n) is 4.28. The van der Waals surface area contributed by atoms with Crippen molar-refractivity contribution in [3.63, 3.8) is 0 Å². The first-order chi connectivity index (χ1) is 15.8. The summed E-state index contributed by atoms with van der Waals surface area (Å²) in [4.78, 5) is 17.3. The Balaban J connectivity index is 1.88. The summed E-state index contributed by atoms with van der Waals surface area (Å²) >= 11 is 0. The third-order valence-corrected chi connectivity index (χ3v) is 5.87. The Morgan fingerprint density at radius 1 is 1.30 bits per heavy atom. The van der Waals surface area contributed by atoms with Crippen LogP contribution in [0.5, 0.6) is 5.75 Å². The van der Waals surface area contributed by atoms with Gasteiger partial charge in [-0.25, -0.2) is 14.2 Å². The molecular formula is C23H20FN7O2. The Morgan fingerprint density at radius 3 is 2.85 bits per heavy atom. The molecule has 3 aromatic heterocycles. The van der Waals surface area contributed by atoms with Gasteiger partial charge in [-0.3, -0.25) is 9.25 Å². The molecule has 4 heterocycles. The van der Waals surface area contributed by atoms with Crippen molar-refractivity contribution in [2.24, 2.45) is 14.1 Å². The van der Waals surface area contributed by atoms with E-state index < -0.39 is 11.9 Å². The lowest BCUT2D eigenvalue weighted by Gasteiger charge is -2.21. The van der Waals surface area contributed by atoms with E-state index in [0.717, 1.165) is 0 Å². The highest BCUT2D eigenvalue weighted by Gasteiger charge is 2.26. The van der Waals surface area contributed by atoms with Crippen molar-refractivity contribution in [1.82, 2.24) is 23.9 Å². The lowest BCUT2D eigenvalue weighted by Crippen LogP contribution is -2.24. The number of hydrogen-bond donors (Lipinski definition) is 1. The number of halogens is 1. The van der Waals surface area contributed by atoms with Gasteiger partial charge >= 0.3 is 5.69 Å². The van der Waals surface area contributed by atoms with Crippen LogP contribution in [0.4, 0.5) is 10.2 Å². The van der Waals surface area contributed by atoms with E-state index in [2.05, 4.69) is 16.2 Å². The Labute approximate surface area is 188 Å². The first kappa shape index (κ1) is 20.5. The minimum atomic E-state index is -0.609. The van der Waals surface area contributed by atoms with Crippen LogP contribution in [-0.2, 0) is 20.6 Å². The van der Waals surface area contributed by atoms with Crippen LogP contribution in [0.15, 0.2) is 41.5 Å². The smallest absolute Gasteiger partial charge is 0.328 e. The van der Waals surface area contributed by atoms with Gasteiger partial charge in [-0.1, -0.05) is 0 Å². The summed E-state index contributed by atoms with van der Waals surface area (Å²) in [5.74, 6) is 0.0488. The first-order valence-corrected chi connectivity index (χ1v) is 10.2. The summed E-state index contributed by atoms with van der Waals surface area (Å²) in [6.45, 7) is 1.88. The van der Waals surface area contributed by atoms with Gasteiger partial charge in [0.15, 0.2) is 11.6 Å². The maximum Gasteiger partial charge on any atom is 0.328 e. The number of ether oxygens (including phenoxy) is 1. The van der Waals surface area contributed by atoms with Crippen molar-refractivity contribution < 1.29 is 9.13 Å². The van der Waals surface area contributed by atoms with Crippen molar-refractivity contribution in [3.05, 3.63) is 69.9 Å². The summed E-state index contributed by atoms with van der Waals surface area (Å²) < 4.78 is 24.9. The van der Waals surface area contributed by atoms with Crippen molar-refractivity contribution >= 4 is 5.82 Å². The van der Waals surface area contributed by atoms with Crippen LogP contribution in [0.25, 0.3) is 22.4 Å². The molecule has 0 aliphatic carbocycles. The molecule has 33 heavy (non-hydrogen) atoms. The Bertz CT molecular complexity index is 1520. The van der Waals surface area contributed by atoms with E-state index in [1.807, 2.05) is 0 Å². The Kier molecular flexibility index (Phi) is 4.56. The van der Waals surface area contributed by atoms with Crippen molar-refractivity contribution in [2.45, 2.75) is 19.6 Å². The molecule has 1 aliphatic rings. The molecule has 0 fully saturated rings. The number of nitrogens with two attached hydrogens (primary N) is 1.